The molecule has 0 atom stereocenters. The summed E-state index contributed by atoms with van der Waals surface area (Å²) < 4.78 is 5.13. The molecule has 2 nitrogen and oxygen atoms in total. The van der Waals surface area contributed by atoms with E-state index in [9.17, 15) is 0 Å². The van der Waals surface area contributed by atoms with Crippen LogP contribution in [0.1, 0.15) is 33.6 Å². The van der Waals surface area contributed by atoms with Gasteiger partial charge in [-0.1, -0.05) is 20.8 Å². The maximum Gasteiger partial charge on any atom is 0.0697 e. The largest absolute Gasteiger partial charge is 0.394 e. The van der Waals surface area contributed by atoms with Crippen LogP contribution in [-0.4, -0.2) is 24.9 Å². The van der Waals surface area contributed by atoms with E-state index < -0.39 is 0 Å². The first-order valence-electron chi connectivity index (χ1n) is 4.25. The van der Waals surface area contributed by atoms with Gasteiger partial charge in [0.2, 0.25) is 0 Å². The van der Waals surface area contributed by atoms with E-state index in [1.54, 1.807) is 0 Å². The Bertz CT molecular complexity index is 84.1. The van der Waals surface area contributed by atoms with Crippen molar-refractivity contribution in [1.29, 1.82) is 0 Å². The van der Waals surface area contributed by atoms with E-state index in [4.69, 9.17) is 9.84 Å². The molecule has 0 rings (SSSR count). The molecule has 0 amide bonds. The van der Waals surface area contributed by atoms with Crippen molar-refractivity contribution < 1.29 is 9.84 Å². The smallest absolute Gasteiger partial charge is 0.0697 e. The van der Waals surface area contributed by atoms with Crippen LogP contribution in [0.5, 0.6) is 0 Å². The fourth-order valence-electron chi connectivity index (χ4n) is 0.871. The molecule has 0 aliphatic heterocycles. The maximum atomic E-state index is 8.40. The average Bonchev–Trinajstić information content (AvgIpc) is 1.85. The molecule has 0 unspecified atom stereocenters. The van der Waals surface area contributed by atoms with Gasteiger partial charge in [-0.05, 0) is 18.3 Å². The van der Waals surface area contributed by atoms with Gasteiger partial charge in [0.1, 0.15) is 0 Å². The lowest BCUT2D eigenvalue weighted by Crippen LogP contribution is -2.07. The maximum absolute atomic E-state index is 8.40. The van der Waals surface area contributed by atoms with Crippen molar-refractivity contribution in [2.45, 2.75) is 33.6 Å². The van der Waals surface area contributed by atoms with Crippen LogP contribution in [0.4, 0.5) is 0 Å². The predicted octanol–water partition coefficient (Wildman–Crippen LogP) is 1.82. The molecule has 0 aliphatic carbocycles. The Labute approximate surface area is 69.6 Å². The van der Waals surface area contributed by atoms with E-state index >= 15 is 0 Å². The van der Waals surface area contributed by atoms with Gasteiger partial charge >= 0.3 is 0 Å². The highest BCUT2D eigenvalue weighted by atomic mass is 16.5. The predicted molar refractivity (Wildman–Crippen MR) is 46.6 cm³/mol. The molecule has 0 bridgehead atoms. The standard InChI is InChI=1S/C9H20O2/c1-9(2,3)5-4-7-11-8-6-10/h10H,4-8H2,1-3H3. The number of ether oxygens (including phenoxy) is 1. The van der Waals surface area contributed by atoms with Crippen LogP contribution in [0.2, 0.25) is 0 Å². The highest BCUT2D eigenvalue weighted by Crippen LogP contribution is 2.19. The van der Waals surface area contributed by atoms with E-state index in [0.717, 1.165) is 13.0 Å². The summed E-state index contributed by atoms with van der Waals surface area (Å²) in [5.74, 6) is 0. The molecule has 0 spiro atoms. The van der Waals surface area contributed by atoms with Crippen LogP contribution in [0, 0.1) is 5.41 Å². The van der Waals surface area contributed by atoms with Gasteiger partial charge in [0.15, 0.2) is 0 Å². The molecule has 0 fully saturated rings. The Kier molecular flexibility index (Phi) is 5.51. The number of hydrogen-bond donors (Lipinski definition) is 1. The molecule has 11 heavy (non-hydrogen) atoms. The zero-order valence-corrected chi connectivity index (χ0v) is 7.89. The van der Waals surface area contributed by atoms with Crippen LogP contribution in [0.25, 0.3) is 0 Å². The molecule has 0 heterocycles. The van der Waals surface area contributed by atoms with E-state index in [1.807, 2.05) is 0 Å². The molecule has 68 valence electrons. The SMILES string of the molecule is CC(C)(C)CCCOCCO. The second kappa shape index (κ2) is 5.56. The Hall–Kier alpha value is -0.0800. The molecular weight excluding hydrogens is 140 g/mol. The molecular formula is C9H20O2. The zero-order valence-electron chi connectivity index (χ0n) is 7.89. The lowest BCUT2D eigenvalue weighted by Gasteiger charge is -2.17. The van der Waals surface area contributed by atoms with Gasteiger partial charge in [-0.15, -0.1) is 0 Å². The Balaban J connectivity index is 3.02. The van der Waals surface area contributed by atoms with Crippen LogP contribution in [0.15, 0.2) is 0 Å². The van der Waals surface area contributed by atoms with Crippen molar-refractivity contribution in [3.05, 3.63) is 0 Å². The lowest BCUT2D eigenvalue weighted by atomic mass is 9.91. The topological polar surface area (TPSA) is 29.5 Å². The molecule has 0 aliphatic rings. The van der Waals surface area contributed by atoms with E-state index in [1.165, 1.54) is 6.42 Å². The van der Waals surface area contributed by atoms with Gasteiger partial charge in [0.25, 0.3) is 0 Å². The minimum atomic E-state index is 0.134. The van der Waals surface area contributed by atoms with Crippen molar-refractivity contribution in [3.63, 3.8) is 0 Å². The Morgan fingerprint density at radius 3 is 2.27 bits per heavy atom. The summed E-state index contributed by atoms with van der Waals surface area (Å²) >= 11 is 0. The van der Waals surface area contributed by atoms with Crippen molar-refractivity contribution in [2.24, 2.45) is 5.41 Å². The summed E-state index contributed by atoms with van der Waals surface area (Å²) in [4.78, 5) is 0. The minimum absolute atomic E-state index is 0.134. The van der Waals surface area contributed by atoms with Crippen molar-refractivity contribution in [3.8, 4) is 0 Å². The minimum Gasteiger partial charge on any atom is -0.394 e. The van der Waals surface area contributed by atoms with E-state index in [-0.39, 0.29) is 6.61 Å². The highest BCUT2D eigenvalue weighted by Gasteiger charge is 2.08. The molecule has 1 N–H and O–H groups in total. The van der Waals surface area contributed by atoms with Gasteiger partial charge in [0, 0.05) is 6.61 Å². The summed E-state index contributed by atoms with van der Waals surface area (Å²) in [6.45, 7) is 8.05. The summed E-state index contributed by atoms with van der Waals surface area (Å²) in [6.07, 6.45) is 2.27. The average molecular weight is 160 g/mol. The second-order valence-corrected chi connectivity index (χ2v) is 4.00. The van der Waals surface area contributed by atoms with Gasteiger partial charge in [-0.2, -0.15) is 0 Å². The van der Waals surface area contributed by atoms with Gasteiger partial charge in [0.05, 0.1) is 13.2 Å². The fraction of sp³-hybridized carbons (Fsp3) is 1.00. The Morgan fingerprint density at radius 1 is 1.18 bits per heavy atom. The van der Waals surface area contributed by atoms with Gasteiger partial charge in [-0.3, -0.25) is 0 Å². The van der Waals surface area contributed by atoms with Crippen molar-refractivity contribution in [1.82, 2.24) is 0 Å². The molecule has 0 aromatic carbocycles. The summed E-state index contributed by atoms with van der Waals surface area (Å²) in [5.41, 5.74) is 0.405. The Morgan fingerprint density at radius 2 is 1.82 bits per heavy atom. The van der Waals surface area contributed by atoms with Crippen molar-refractivity contribution in [2.75, 3.05) is 19.8 Å². The number of aliphatic hydroxyl groups is 1. The van der Waals surface area contributed by atoms with Crippen LogP contribution < -0.4 is 0 Å². The normalized spacial score (nSPS) is 12.0. The van der Waals surface area contributed by atoms with Crippen LogP contribution >= 0.6 is 0 Å². The fourth-order valence-corrected chi connectivity index (χ4v) is 0.871. The third-order valence-electron chi connectivity index (χ3n) is 1.45. The molecule has 0 aromatic heterocycles. The van der Waals surface area contributed by atoms with Gasteiger partial charge in [-0.25, -0.2) is 0 Å². The van der Waals surface area contributed by atoms with Gasteiger partial charge < -0.3 is 9.84 Å². The molecule has 0 radical (unpaired) electrons. The highest BCUT2D eigenvalue weighted by molar-refractivity contribution is 4.60. The summed E-state index contributed by atoms with van der Waals surface area (Å²) in [6, 6.07) is 0. The third-order valence-corrected chi connectivity index (χ3v) is 1.45. The monoisotopic (exact) mass is 160 g/mol. The van der Waals surface area contributed by atoms with E-state index in [0.29, 0.717) is 12.0 Å². The van der Waals surface area contributed by atoms with Crippen LogP contribution in [0.3, 0.4) is 0 Å². The molecule has 0 aromatic rings. The molecule has 2 heteroatoms. The third kappa shape index (κ3) is 9.92. The second-order valence-electron chi connectivity index (χ2n) is 4.00. The van der Waals surface area contributed by atoms with E-state index in [2.05, 4.69) is 20.8 Å². The first-order chi connectivity index (χ1) is 5.06. The first kappa shape index (κ1) is 10.9. The first-order valence-corrected chi connectivity index (χ1v) is 4.25. The number of rotatable bonds is 5. The van der Waals surface area contributed by atoms with Crippen LogP contribution in [-0.2, 0) is 4.74 Å². The summed E-state index contributed by atoms with van der Waals surface area (Å²) in [5, 5.41) is 8.40. The zero-order chi connectivity index (χ0) is 8.74. The van der Waals surface area contributed by atoms with Crippen molar-refractivity contribution >= 4 is 0 Å². The molecule has 0 saturated carbocycles. The summed E-state index contributed by atoms with van der Waals surface area (Å²) in [7, 11) is 0. The number of hydrogen-bond acceptors (Lipinski definition) is 2. The number of aliphatic hydroxyl groups excluding tert-OH is 1. The lowest BCUT2D eigenvalue weighted by molar-refractivity contribution is 0.0853. The quantitative estimate of drug-likeness (QED) is 0.622. The molecule has 0 saturated heterocycles.